The highest BCUT2D eigenvalue weighted by molar-refractivity contribution is 6.30. The molecule has 0 spiro atoms. The molecule has 2 unspecified atom stereocenters. The zero-order chi connectivity index (χ0) is 41.1. The summed E-state index contributed by atoms with van der Waals surface area (Å²) in [4.78, 5) is 53.6. The quantitative estimate of drug-likeness (QED) is 0.0501. The minimum Gasteiger partial charge on any atom is -0.496 e. The van der Waals surface area contributed by atoms with Gasteiger partial charge < -0.3 is 30.4 Å². The number of aromatic nitrogens is 1. The van der Waals surface area contributed by atoms with Gasteiger partial charge in [0, 0.05) is 35.4 Å². The second kappa shape index (κ2) is 19.0. The normalized spacial score (nSPS) is 12.5. The summed E-state index contributed by atoms with van der Waals surface area (Å²) >= 11 is 6.22. The van der Waals surface area contributed by atoms with Crippen molar-refractivity contribution in [1.29, 1.82) is 0 Å². The SMILES string of the molecule is CCOC(=O)C=CC(CCC(N)=O)NC(=O)C(Cc1ccc(Cl)cc1)NC(=O)c1cc2c(OC)cccc2n1C(c1ccccc1)(c1ccccc1)c1ccccc1. The molecule has 1 heterocycles. The fourth-order valence-corrected chi connectivity index (χ4v) is 7.44. The van der Waals surface area contributed by atoms with Gasteiger partial charge in [0.2, 0.25) is 11.8 Å². The molecule has 0 saturated carbocycles. The van der Waals surface area contributed by atoms with E-state index < -0.39 is 41.3 Å². The molecule has 1 aromatic heterocycles. The van der Waals surface area contributed by atoms with Crippen molar-refractivity contribution < 1.29 is 28.7 Å². The van der Waals surface area contributed by atoms with Crippen molar-refractivity contribution in [3.63, 3.8) is 0 Å². The van der Waals surface area contributed by atoms with Gasteiger partial charge in [0.05, 0.1) is 19.2 Å². The van der Waals surface area contributed by atoms with Gasteiger partial charge >= 0.3 is 5.97 Å². The van der Waals surface area contributed by atoms with Gasteiger partial charge in [0.1, 0.15) is 23.0 Å². The lowest BCUT2D eigenvalue weighted by Crippen LogP contribution is -2.51. The van der Waals surface area contributed by atoms with E-state index in [-0.39, 0.29) is 31.6 Å². The molecule has 0 bridgehead atoms. The first kappa shape index (κ1) is 41.0. The molecule has 11 heteroatoms. The van der Waals surface area contributed by atoms with Gasteiger partial charge in [-0.3, -0.25) is 14.4 Å². The van der Waals surface area contributed by atoms with Crippen LogP contribution in [-0.2, 0) is 31.1 Å². The number of ether oxygens (including phenoxy) is 2. The van der Waals surface area contributed by atoms with E-state index in [1.54, 1.807) is 44.4 Å². The van der Waals surface area contributed by atoms with Crippen molar-refractivity contribution in [3.8, 4) is 5.75 Å². The Bertz CT molecular complexity index is 2280. The number of hydrogen-bond donors (Lipinski definition) is 3. The number of nitrogens with one attached hydrogen (secondary N) is 2. The molecule has 0 fully saturated rings. The van der Waals surface area contributed by atoms with Crippen molar-refractivity contribution in [2.24, 2.45) is 5.73 Å². The first-order valence-corrected chi connectivity index (χ1v) is 19.4. The molecule has 6 aromatic rings. The Morgan fingerprint density at radius 1 is 0.793 bits per heavy atom. The van der Waals surface area contributed by atoms with E-state index >= 15 is 4.79 Å². The maximum absolute atomic E-state index is 15.2. The van der Waals surface area contributed by atoms with Crippen molar-refractivity contribution in [2.75, 3.05) is 13.7 Å². The fraction of sp³-hybridized carbons (Fsp3) is 0.191. The van der Waals surface area contributed by atoms with Crippen LogP contribution < -0.4 is 21.1 Å². The summed E-state index contributed by atoms with van der Waals surface area (Å²) in [5.41, 5.74) is 8.75. The number of primary amides is 1. The van der Waals surface area contributed by atoms with E-state index in [2.05, 4.69) is 10.6 Å². The molecule has 0 radical (unpaired) electrons. The molecule has 58 heavy (non-hydrogen) atoms. The number of benzene rings is 5. The lowest BCUT2D eigenvalue weighted by Gasteiger charge is -2.39. The van der Waals surface area contributed by atoms with Gasteiger partial charge in [0.15, 0.2) is 0 Å². The van der Waals surface area contributed by atoms with Crippen LogP contribution in [0.5, 0.6) is 5.75 Å². The van der Waals surface area contributed by atoms with Gasteiger partial charge in [-0.15, -0.1) is 0 Å². The number of rotatable bonds is 17. The maximum atomic E-state index is 15.2. The Hall–Kier alpha value is -6.65. The number of fused-ring (bicyclic) bond motifs is 1. The Morgan fingerprint density at radius 2 is 1.38 bits per heavy atom. The summed E-state index contributed by atoms with van der Waals surface area (Å²) in [5.74, 6) is -1.69. The second-order valence-corrected chi connectivity index (χ2v) is 14.1. The van der Waals surface area contributed by atoms with Crippen LogP contribution in [0.1, 0.15) is 52.5 Å². The van der Waals surface area contributed by atoms with Crippen molar-refractivity contribution >= 4 is 46.2 Å². The number of hydrogen-bond acceptors (Lipinski definition) is 6. The minimum absolute atomic E-state index is 0.0607. The molecular weight excluding hydrogens is 752 g/mol. The van der Waals surface area contributed by atoms with Crippen molar-refractivity contribution in [3.05, 3.63) is 185 Å². The van der Waals surface area contributed by atoms with E-state index in [1.165, 1.54) is 12.2 Å². The van der Waals surface area contributed by atoms with E-state index in [4.69, 9.17) is 26.8 Å². The summed E-state index contributed by atoms with van der Waals surface area (Å²) in [6.45, 7) is 1.85. The molecule has 4 N–H and O–H groups in total. The standard InChI is InChI=1S/C47H45ClN4O6/c1-3-58-44(54)29-27-37(26-28-43(49)53)50-45(55)39(30-32-22-24-36(48)25-23-32)51-46(56)41-31-38-40(20-13-21-42(38)57-2)52(41)47(33-14-7-4-8-15-33,34-16-9-5-10-17-34)35-18-11-6-12-19-35/h4-25,27,29,31,37,39H,3,26,28,30H2,1-2H3,(H2,49,53)(H,50,55)(H,51,56). The third-order valence-electron chi connectivity index (χ3n) is 9.92. The first-order chi connectivity index (χ1) is 28.1. The molecule has 0 aliphatic heterocycles. The third-order valence-corrected chi connectivity index (χ3v) is 10.2. The third kappa shape index (κ3) is 9.14. The van der Waals surface area contributed by atoms with Crippen LogP contribution in [0.2, 0.25) is 5.02 Å². The van der Waals surface area contributed by atoms with Crippen LogP contribution in [0.4, 0.5) is 0 Å². The number of carbonyl (C=O) groups excluding carboxylic acids is 4. The van der Waals surface area contributed by atoms with Gasteiger partial charge in [-0.25, -0.2) is 4.79 Å². The Balaban J connectivity index is 1.53. The smallest absolute Gasteiger partial charge is 0.330 e. The molecule has 0 aliphatic rings. The highest BCUT2D eigenvalue weighted by atomic mass is 35.5. The number of halogens is 1. The molecule has 3 amide bonds. The van der Waals surface area contributed by atoms with Crippen LogP contribution in [0.15, 0.2) is 152 Å². The predicted molar refractivity (Wildman–Crippen MR) is 226 cm³/mol. The molecule has 6 rings (SSSR count). The van der Waals surface area contributed by atoms with Gasteiger partial charge in [-0.2, -0.15) is 0 Å². The largest absolute Gasteiger partial charge is 0.496 e. The summed E-state index contributed by atoms with van der Waals surface area (Å²) in [5, 5.41) is 7.19. The number of amides is 3. The maximum Gasteiger partial charge on any atom is 0.330 e. The zero-order valence-electron chi connectivity index (χ0n) is 32.3. The monoisotopic (exact) mass is 796 g/mol. The van der Waals surface area contributed by atoms with Gasteiger partial charge in [-0.1, -0.05) is 127 Å². The number of carbonyl (C=O) groups is 4. The Morgan fingerprint density at radius 3 is 1.91 bits per heavy atom. The number of nitrogens with zero attached hydrogens (tertiary/aromatic N) is 1. The molecule has 0 saturated heterocycles. The highest BCUT2D eigenvalue weighted by Gasteiger charge is 2.42. The Kier molecular flexibility index (Phi) is 13.4. The zero-order valence-corrected chi connectivity index (χ0v) is 33.0. The Labute approximate surface area is 342 Å². The van der Waals surface area contributed by atoms with Crippen LogP contribution in [0.25, 0.3) is 10.9 Å². The van der Waals surface area contributed by atoms with Crippen LogP contribution in [0.3, 0.4) is 0 Å². The lowest BCUT2D eigenvalue weighted by molar-refractivity contribution is -0.137. The van der Waals surface area contributed by atoms with Crippen LogP contribution in [0, 0.1) is 0 Å². The van der Waals surface area contributed by atoms with E-state index in [9.17, 15) is 14.4 Å². The van der Waals surface area contributed by atoms with Gasteiger partial charge in [-0.05, 0) is 65.9 Å². The topological polar surface area (TPSA) is 142 Å². The molecule has 2 atom stereocenters. The average Bonchev–Trinajstić information content (AvgIpc) is 3.64. The number of nitrogens with two attached hydrogens (primary N) is 1. The summed E-state index contributed by atoms with van der Waals surface area (Å²) < 4.78 is 12.9. The minimum atomic E-state index is -1.13. The lowest BCUT2D eigenvalue weighted by atomic mass is 9.76. The molecule has 5 aromatic carbocycles. The molecule has 0 aliphatic carbocycles. The molecule has 296 valence electrons. The molecular formula is C47H45ClN4O6. The second-order valence-electron chi connectivity index (χ2n) is 13.7. The van der Waals surface area contributed by atoms with Crippen LogP contribution in [-0.4, -0.2) is 54.1 Å². The van der Waals surface area contributed by atoms with E-state index in [0.29, 0.717) is 16.2 Å². The number of methoxy groups -OCH3 is 1. The first-order valence-electron chi connectivity index (χ1n) is 19.0. The highest BCUT2D eigenvalue weighted by Crippen LogP contribution is 2.45. The summed E-state index contributed by atoms with van der Waals surface area (Å²) in [6.07, 6.45) is 2.79. The van der Waals surface area contributed by atoms with E-state index in [0.717, 1.165) is 27.8 Å². The number of esters is 1. The average molecular weight is 797 g/mol. The van der Waals surface area contributed by atoms with Crippen LogP contribution >= 0.6 is 11.6 Å². The summed E-state index contributed by atoms with van der Waals surface area (Å²) in [6, 6.07) is 42.5. The van der Waals surface area contributed by atoms with Crippen molar-refractivity contribution in [2.45, 2.75) is 43.8 Å². The fourth-order valence-electron chi connectivity index (χ4n) is 7.32. The van der Waals surface area contributed by atoms with Gasteiger partial charge in [0.25, 0.3) is 5.91 Å². The molecule has 10 nitrogen and oxygen atoms in total. The predicted octanol–water partition coefficient (Wildman–Crippen LogP) is 7.35. The van der Waals surface area contributed by atoms with Crippen molar-refractivity contribution in [1.82, 2.24) is 15.2 Å². The summed E-state index contributed by atoms with van der Waals surface area (Å²) in [7, 11) is 1.59. The van der Waals surface area contributed by atoms with E-state index in [1.807, 2.05) is 114 Å².